The second-order valence-electron chi connectivity index (χ2n) is 2.65. The average Bonchev–Trinajstić information content (AvgIpc) is 2.55. The van der Waals surface area contributed by atoms with Crippen LogP contribution in [0.5, 0.6) is 0 Å². The Hall–Kier alpha value is -1.14. The van der Waals surface area contributed by atoms with Gasteiger partial charge in [-0.05, 0) is 12.1 Å². The van der Waals surface area contributed by atoms with E-state index in [0.717, 1.165) is 11.3 Å². The molecule has 0 saturated carbocycles. The number of halogens is 1. The quantitative estimate of drug-likeness (QED) is 0.463. The molecule has 0 aliphatic heterocycles. The van der Waals surface area contributed by atoms with E-state index in [4.69, 9.17) is 0 Å². The molecule has 0 fully saturated rings. The Bertz CT molecular complexity index is 523. The van der Waals surface area contributed by atoms with Gasteiger partial charge in [0.1, 0.15) is 5.82 Å². The fourth-order valence-electron chi connectivity index (χ4n) is 1.19. The van der Waals surface area contributed by atoms with Crippen molar-refractivity contribution in [1.29, 1.82) is 0 Å². The molecule has 1 aromatic carbocycles. The molecule has 2 aromatic rings. The van der Waals surface area contributed by atoms with Gasteiger partial charge in [-0.1, -0.05) is 0 Å². The second kappa shape index (κ2) is 3.21. The van der Waals surface area contributed by atoms with Gasteiger partial charge in [-0.2, -0.15) is 0 Å². The van der Waals surface area contributed by atoms with E-state index in [-0.39, 0.29) is 10.6 Å². The van der Waals surface area contributed by atoms with Crippen LogP contribution in [0, 0.1) is 15.9 Å². The third-order valence-electron chi connectivity index (χ3n) is 1.84. The number of hydrogen-bond acceptors (Lipinski definition) is 4. The van der Waals surface area contributed by atoms with Crippen LogP contribution in [0.1, 0.15) is 0 Å². The third-order valence-corrected chi connectivity index (χ3v) is 3.43. The minimum Gasteiger partial charge on any atom is -0.258 e. The molecule has 3 nitrogen and oxygen atoms in total. The van der Waals surface area contributed by atoms with Crippen molar-refractivity contribution in [3.05, 3.63) is 33.4 Å². The van der Waals surface area contributed by atoms with Gasteiger partial charge in [-0.15, -0.1) is 24.0 Å². The zero-order valence-electron chi connectivity index (χ0n) is 6.73. The Kier molecular flexibility index (Phi) is 2.16. The molecule has 0 bridgehead atoms. The first-order valence-electron chi connectivity index (χ1n) is 3.64. The number of benzene rings is 1. The molecule has 0 amide bonds. The summed E-state index contributed by atoms with van der Waals surface area (Å²) in [4.78, 5) is 10.3. The normalized spacial score (nSPS) is 10.7. The monoisotopic (exact) mass is 229 g/mol. The molecular weight excluding hydrogens is 225 g/mol. The van der Waals surface area contributed by atoms with Gasteiger partial charge in [0.25, 0.3) is 5.69 Å². The molecule has 0 N–H and O–H groups in total. The number of nitro groups is 1. The zero-order chi connectivity index (χ0) is 10.3. The van der Waals surface area contributed by atoms with Gasteiger partial charge in [0.2, 0.25) is 0 Å². The highest BCUT2D eigenvalue weighted by Crippen LogP contribution is 2.36. The predicted molar refractivity (Wildman–Crippen MR) is 55.7 cm³/mol. The maximum absolute atomic E-state index is 13.0. The number of rotatable bonds is 1. The number of nitrogens with zero attached hydrogens (tertiary/aromatic N) is 1. The second-order valence-corrected chi connectivity index (χ2v) is 3.98. The summed E-state index contributed by atoms with van der Waals surface area (Å²) in [6.07, 6.45) is 0. The lowest BCUT2D eigenvalue weighted by atomic mass is 10.2. The SMILES string of the molecule is O=[N+]([O-])c1csc2c(S)c(F)ccc12. The molecule has 1 aromatic heterocycles. The largest absolute Gasteiger partial charge is 0.287 e. The summed E-state index contributed by atoms with van der Waals surface area (Å²) in [5.41, 5.74) is 0.000278. The third kappa shape index (κ3) is 1.27. The molecule has 0 atom stereocenters. The maximum atomic E-state index is 13.0. The lowest BCUT2D eigenvalue weighted by Crippen LogP contribution is -1.85. The Morgan fingerprint density at radius 2 is 2.21 bits per heavy atom. The smallest absolute Gasteiger partial charge is 0.258 e. The summed E-state index contributed by atoms with van der Waals surface area (Å²) in [5.74, 6) is -0.461. The van der Waals surface area contributed by atoms with Crippen molar-refractivity contribution in [1.82, 2.24) is 0 Å². The van der Waals surface area contributed by atoms with Gasteiger partial charge >= 0.3 is 0 Å². The Morgan fingerprint density at radius 3 is 2.86 bits per heavy atom. The van der Waals surface area contributed by atoms with Crippen LogP contribution >= 0.6 is 24.0 Å². The van der Waals surface area contributed by atoms with Crippen LogP contribution < -0.4 is 0 Å². The standard InChI is InChI=1S/C8H4FNO2S2/c9-5-2-1-4-6(10(11)12)3-14-8(4)7(5)13/h1-3,13H. The van der Waals surface area contributed by atoms with Gasteiger partial charge in [0.15, 0.2) is 0 Å². The number of thiol groups is 1. The number of thiophene rings is 1. The summed E-state index contributed by atoms with van der Waals surface area (Å²) in [7, 11) is 0. The molecule has 14 heavy (non-hydrogen) atoms. The highest BCUT2D eigenvalue weighted by molar-refractivity contribution is 7.80. The molecule has 0 aliphatic carbocycles. The summed E-state index contributed by atoms with van der Waals surface area (Å²) >= 11 is 5.08. The molecule has 1 heterocycles. The average molecular weight is 229 g/mol. The zero-order valence-corrected chi connectivity index (χ0v) is 8.44. The molecule has 0 radical (unpaired) electrons. The Labute approximate surface area is 87.7 Å². The van der Waals surface area contributed by atoms with Crippen molar-refractivity contribution in [2.45, 2.75) is 4.90 Å². The van der Waals surface area contributed by atoms with E-state index >= 15 is 0 Å². The van der Waals surface area contributed by atoms with Crippen LogP contribution in [0.4, 0.5) is 10.1 Å². The van der Waals surface area contributed by atoms with E-state index in [1.807, 2.05) is 0 Å². The Morgan fingerprint density at radius 1 is 1.50 bits per heavy atom. The van der Waals surface area contributed by atoms with E-state index < -0.39 is 10.7 Å². The molecular formula is C8H4FNO2S2. The van der Waals surface area contributed by atoms with Crippen molar-refractivity contribution >= 4 is 39.7 Å². The van der Waals surface area contributed by atoms with E-state index in [9.17, 15) is 14.5 Å². The van der Waals surface area contributed by atoms with Crippen LogP contribution in [0.3, 0.4) is 0 Å². The number of hydrogen-bond donors (Lipinski definition) is 1. The van der Waals surface area contributed by atoms with Crippen LogP contribution in [-0.4, -0.2) is 4.92 Å². The minimum atomic E-state index is -0.482. The van der Waals surface area contributed by atoms with Crippen LogP contribution in [0.25, 0.3) is 10.1 Å². The summed E-state index contributed by atoms with van der Waals surface area (Å²) in [6.45, 7) is 0. The van der Waals surface area contributed by atoms with Crippen molar-refractivity contribution in [2.75, 3.05) is 0 Å². The number of fused-ring (bicyclic) bond motifs is 1. The van der Waals surface area contributed by atoms with Crippen LogP contribution in [0.15, 0.2) is 22.4 Å². The highest BCUT2D eigenvalue weighted by Gasteiger charge is 2.16. The maximum Gasteiger partial charge on any atom is 0.287 e. The van der Waals surface area contributed by atoms with Gasteiger partial charge in [-0.25, -0.2) is 4.39 Å². The molecule has 72 valence electrons. The summed E-state index contributed by atoms with van der Waals surface area (Å²) in [6, 6.07) is 2.59. The molecule has 6 heteroatoms. The van der Waals surface area contributed by atoms with E-state index in [2.05, 4.69) is 12.6 Å². The first-order chi connectivity index (χ1) is 6.61. The molecule has 2 rings (SSSR count). The van der Waals surface area contributed by atoms with Crippen LogP contribution in [-0.2, 0) is 0 Å². The Balaban J connectivity index is 2.83. The first-order valence-corrected chi connectivity index (χ1v) is 4.97. The molecule has 0 saturated heterocycles. The summed E-state index contributed by atoms with van der Waals surface area (Å²) in [5, 5.41) is 12.4. The van der Waals surface area contributed by atoms with E-state index in [0.29, 0.717) is 10.1 Å². The predicted octanol–water partition coefficient (Wildman–Crippen LogP) is 3.24. The van der Waals surface area contributed by atoms with Crippen molar-refractivity contribution in [3.63, 3.8) is 0 Å². The van der Waals surface area contributed by atoms with Gasteiger partial charge < -0.3 is 0 Å². The molecule has 0 spiro atoms. The summed E-state index contributed by atoms with van der Waals surface area (Å²) < 4.78 is 13.5. The van der Waals surface area contributed by atoms with Gasteiger partial charge in [0, 0.05) is 0 Å². The first kappa shape index (κ1) is 9.42. The lowest BCUT2D eigenvalue weighted by molar-refractivity contribution is -0.382. The van der Waals surface area contributed by atoms with Crippen molar-refractivity contribution in [3.8, 4) is 0 Å². The van der Waals surface area contributed by atoms with Crippen molar-refractivity contribution in [2.24, 2.45) is 0 Å². The van der Waals surface area contributed by atoms with Crippen LogP contribution in [0.2, 0.25) is 0 Å². The van der Waals surface area contributed by atoms with Gasteiger partial charge in [0.05, 0.1) is 25.3 Å². The molecule has 0 aliphatic rings. The lowest BCUT2D eigenvalue weighted by Gasteiger charge is -1.95. The molecule has 0 unspecified atom stereocenters. The van der Waals surface area contributed by atoms with E-state index in [1.54, 1.807) is 0 Å². The highest BCUT2D eigenvalue weighted by atomic mass is 32.1. The van der Waals surface area contributed by atoms with Crippen molar-refractivity contribution < 1.29 is 9.31 Å². The van der Waals surface area contributed by atoms with E-state index in [1.165, 1.54) is 17.5 Å². The fourth-order valence-corrected chi connectivity index (χ4v) is 2.49. The fraction of sp³-hybridized carbons (Fsp3) is 0. The van der Waals surface area contributed by atoms with Gasteiger partial charge in [-0.3, -0.25) is 10.1 Å². The minimum absolute atomic E-state index is 0.000278. The topological polar surface area (TPSA) is 43.1 Å².